The first-order valence-electron chi connectivity index (χ1n) is 10.8. The molecule has 0 unspecified atom stereocenters. The molecule has 0 amide bonds. The molecule has 26 heavy (non-hydrogen) atoms. The lowest BCUT2D eigenvalue weighted by molar-refractivity contribution is 0.199. The van der Waals surface area contributed by atoms with Crippen molar-refractivity contribution in [2.24, 2.45) is 16.7 Å². The topological polar surface area (TPSA) is 6.48 Å². The number of anilines is 1. The van der Waals surface area contributed by atoms with E-state index in [1.165, 1.54) is 70.5 Å². The van der Waals surface area contributed by atoms with Crippen LogP contribution in [0.3, 0.4) is 0 Å². The summed E-state index contributed by atoms with van der Waals surface area (Å²) in [5.74, 6) is 1.01. The van der Waals surface area contributed by atoms with Crippen LogP contribution in [0.5, 0.6) is 0 Å². The quantitative estimate of drug-likeness (QED) is 0.626. The molecule has 1 heterocycles. The highest BCUT2D eigenvalue weighted by Gasteiger charge is 2.28. The van der Waals surface area contributed by atoms with Crippen molar-refractivity contribution in [2.45, 2.75) is 66.7 Å². The van der Waals surface area contributed by atoms with Crippen molar-refractivity contribution in [2.75, 3.05) is 37.6 Å². The van der Waals surface area contributed by atoms with Gasteiger partial charge in [0, 0.05) is 38.4 Å². The largest absolute Gasteiger partial charge is 0.369 e. The molecule has 1 saturated heterocycles. The van der Waals surface area contributed by atoms with E-state index >= 15 is 0 Å². The molecule has 2 fully saturated rings. The van der Waals surface area contributed by atoms with Crippen LogP contribution in [-0.4, -0.2) is 37.6 Å². The highest BCUT2D eigenvalue weighted by molar-refractivity contribution is 5.54. The lowest BCUT2D eigenvalue weighted by atomic mass is 9.73. The van der Waals surface area contributed by atoms with Gasteiger partial charge in [-0.2, -0.15) is 0 Å². The smallest absolute Gasteiger partial charge is 0.0399 e. The highest BCUT2D eigenvalue weighted by Crippen LogP contribution is 2.37. The number of benzene rings is 1. The van der Waals surface area contributed by atoms with Crippen molar-refractivity contribution in [1.29, 1.82) is 0 Å². The lowest BCUT2D eigenvalue weighted by Gasteiger charge is -2.37. The van der Waals surface area contributed by atoms with E-state index in [1.807, 2.05) is 0 Å². The Bertz CT molecular complexity index is 572. The number of para-hydroxylation sites is 1. The zero-order chi connectivity index (χ0) is 18.8. The van der Waals surface area contributed by atoms with Crippen LogP contribution in [0.25, 0.3) is 0 Å². The molecule has 2 heteroatoms. The Labute approximate surface area is 162 Å². The third-order valence-electron chi connectivity index (χ3n) is 6.00. The van der Waals surface area contributed by atoms with E-state index in [-0.39, 0.29) is 0 Å². The molecule has 1 aromatic rings. The Morgan fingerprint density at radius 3 is 2.19 bits per heavy atom. The maximum Gasteiger partial charge on any atom is 0.0399 e. The summed E-state index contributed by atoms with van der Waals surface area (Å²) < 4.78 is 0. The van der Waals surface area contributed by atoms with E-state index < -0.39 is 0 Å². The Kier molecular flexibility index (Phi) is 6.01. The van der Waals surface area contributed by atoms with Crippen molar-refractivity contribution in [3.8, 4) is 0 Å². The summed E-state index contributed by atoms with van der Waals surface area (Å²) in [5.41, 5.74) is 3.84. The fraction of sp³-hybridized carbons (Fsp3) is 0.750. The maximum absolute atomic E-state index is 2.68. The summed E-state index contributed by atoms with van der Waals surface area (Å²) in [4.78, 5) is 5.32. The number of hydrogen-bond donors (Lipinski definition) is 0. The molecule has 146 valence electrons. The first kappa shape index (κ1) is 19.7. The molecule has 3 rings (SSSR count). The third-order valence-corrected chi connectivity index (χ3v) is 6.00. The van der Waals surface area contributed by atoms with Crippen molar-refractivity contribution >= 4 is 5.69 Å². The van der Waals surface area contributed by atoms with Crippen LogP contribution in [0.4, 0.5) is 5.69 Å². The van der Waals surface area contributed by atoms with Crippen molar-refractivity contribution in [3.05, 3.63) is 29.8 Å². The SMILES string of the molecule is CC(C)(C)CC(C)(C)CCc1ccccc1N1CCN(CC2CC2)CC1. The molecule has 1 aliphatic carbocycles. The number of aryl methyl sites for hydroxylation is 1. The average Bonchev–Trinajstić information content (AvgIpc) is 3.36. The maximum atomic E-state index is 2.68. The molecular formula is C24H40N2. The monoisotopic (exact) mass is 356 g/mol. The standard InChI is InChI=1S/C24H40N2/c1-23(2,3)19-24(4,5)13-12-21-8-6-7-9-22(21)26-16-14-25(15-17-26)18-20-10-11-20/h6-9,20H,10-19H2,1-5H3. The second kappa shape index (κ2) is 7.92. The van der Waals surface area contributed by atoms with E-state index in [0.717, 1.165) is 5.92 Å². The van der Waals surface area contributed by atoms with Gasteiger partial charge in [-0.25, -0.2) is 0 Å². The average molecular weight is 357 g/mol. The minimum atomic E-state index is 0.397. The first-order valence-corrected chi connectivity index (χ1v) is 10.8. The molecule has 1 saturated carbocycles. The van der Waals surface area contributed by atoms with Gasteiger partial charge in [-0.1, -0.05) is 52.8 Å². The van der Waals surface area contributed by atoms with Crippen molar-refractivity contribution in [1.82, 2.24) is 4.90 Å². The molecule has 2 aliphatic rings. The van der Waals surface area contributed by atoms with E-state index in [4.69, 9.17) is 0 Å². The first-order chi connectivity index (χ1) is 12.2. The predicted octanol–water partition coefficient (Wildman–Crippen LogP) is 5.61. The Balaban J connectivity index is 1.58. The summed E-state index contributed by atoms with van der Waals surface area (Å²) in [6.45, 7) is 18.2. The molecule has 1 aliphatic heterocycles. The van der Waals surface area contributed by atoms with Gasteiger partial charge in [0.25, 0.3) is 0 Å². The number of piperazine rings is 1. The number of nitrogens with zero attached hydrogens (tertiary/aromatic N) is 2. The number of hydrogen-bond acceptors (Lipinski definition) is 2. The summed E-state index contributed by atoms with van der Waals surface area (Å²) >= 11 is 0. The van der Waals surface area contributed by atoms with Crippen LogP contribution in [-0.2, 0) is 6.42 Å². The minimum absolute atomic E-state index is 0.397. The molecule has 1 aromatic carbocycles. The van der Waals surface area contributed by atoms with Crippen LogP contribution in [0.1, 0.15) is 65.9 Å². The lowest BCUT2D eigenvalue weighted by Crippen LogP contribution is -2.47. The third kappa shape index (κ3) is 6.01. The normalized spacial score (nSPS) is 19.8. The van der Waals surface area contributed by atoms with Gasteiger partial charge in [0.1, 0.15) is 0 Å². The molecule has 0 bridgehead atoms. The Hall–Kier alpha value is -1.02. The van der Waals surface area contributed by atoms with Crippen LogP contribution in [0.15, 0.2) is 24.3 Å². The molecule has 0 atom stereocenters. The van der Waals surface area contributed by atoms with E-state index in [1.54, 1.807) is 5.56 Å². The highest BCUT2D eigenvalue weighted by atomic mass is 15.3. The van der Waals surface area contributed by atoms with Gasteiger partial charge in [0.05, 0.1) is 0 Å². The summed E-state index contributed by atoms with van der Waals surface area (Å²) in [6, 6.07) is 9.15. The zero-order valence-electron chi connectivity index (χ0n) is 17.9. The fourth-order valence-corrected chi connectivity index (χ4v) is 4.86. The summed E-state index contributed by atoms with van der Waals surface area (Å²) in [5, 5.41) is 0. The van der Waals surface area contributed by atoms with Crippen LogP contribution >= 0.6 is 0 Å². The Morgan fingerprint density at radius 1 is 0.923 bits per heavy atom. The van der Waals surface area contributed by atoms with Gasteiger partial charge in [-0.15, -0.1) is 0 Å². The van der Waals surface area contributed by atoms with Crippen LogP contribution in [0.2, 0.25) is 0 Å². The molecule has 0 N–H and O–H groups in total. The predicted molar refractivity (Wildman–Crippen MR) is 114 cm³/mol. The van der Waals surface area contributed by atoms with Gasteiger partial charge in [-0.05, 0) is 60.5 Å². The van der Waals surface area contributed by atoms with Gasteiger partial charge >= 0.3 is 0 Å². The summed E-state index contributed by atoms with van der Waals surface area (Å²) in [7, 11) is 0. The molecule has 2 nitrogen and oxygen atoms in total. The van der Waals surface area contributed by atoms with Crippen LogP contribution < -0.4 is 4.90 Å². The van der Waals surface area contributed by atoms with E-state index in [2.05, 4.69) is 68.7 Å². The van der Waals surface area contributed by atoms with Gasteiger partial charge in [-0.3, -0.25) is 4.90 Å². The molecular weight excluding hydrogens is 316 g/mol. The van der Waals surface area contributed by atoms with Crippen molar-refractivity contribution < 1.29 is 0 Å². The van der Waals surface area contributed by atoms with E-state index in [9.17, 15) is 0 Å². The molecule has 0 radical (unpaired) electrons. The fourth-order valence-electron chi connectivity index (χ4n) is 4.86. The second-order valence-electron chi connectivity index (χ2n) is 10.8. The number of rotatable bonds is 7. The molecule has 0 spiro atoms. The van der Waals surface area contributed by atoms with Gasteiger partial charge in [0.15, 0.2) is 0 Å². The van der Waals surface area contributed by atoms with Crippen LogP contribution in [0, 0.1) is 16.7 Å². The summed E-state index contributed by atoms with van der Waals surface area (Å²) in [6.07, 6.45) is 6.67. The van der Waals surface area contributed by atoms with E-state index in [0.29, 0.717) is 10.8 Å². The van der Waals surface area contributed by atoms with Gasteiger partial charge < -0.3 is 4.90 Å². The van der Waals surface area contributed by atoms with Crippen molar-refractivity contribution in [3.63, 3.8) is 0 Å². The minimum Gasteiger partial charge on any atom is -0.369 e. The zero-order valence-corrected chi connectivity index (χ0v) is 17.9. The second-order valence-corrected chi connectivity index (χ2v) is 10.8. The Morgan fingerprint density at radius 2 is 1.58 bits per heavy atom. The molecule has 0 aromatic heterocycles. The van der Waals surface area contributed by atoms with Gasteiger partial charge in [0.2, 0.25) is 0 Å².